The first kappa shape index (κ1) is 6.80. The Labute approximate surface area is 58.3 Å². The maximum absolute atomic E-state index is 10.3. The zero-order chi connectivity index (χ0) is 7.72. The second kappa shape index (κ2) is 2.13. The van der Waals surface area contributed by atoms with Crippen LogP contribution in [0.1, 0.15) is 10.4 Å². The molecule has 0 bridgehead atoms. The van der Waals surface area contributed by atoms with Crippen LogP contribution in [0, 0.1) is 0 Å². The fourth-order valence-corrected chi connectivity index (χ4v) is 0.728. The first-order valence-electron chi connectivity index (χ1n) is 2.87. The van der Waals surface area contributed by atoms with Crippen molar-refractivity contribution in [3.05, 3.63) is 18.0 Å². The van der Waals surface area contributed by atoms with Crippen molar-refractivity contribution in [2.45, 2.75) is 0 Å². The van der Waals surface area contributed by atoms with Gasteiger partial charge in [0.1, 0.15) is 5.56 Å². The Hall–Kier alpha value is -1.32. The highest BCUT2D eigenvalue weighted by atomic mass is 16.4. The van der Waals surface area contributed by atoms with E-state index < -0.39 is 5.97 Å². The summed E-state index contributed by atoms with van der Waals surface area (Å²) in [6.45, 7) is 0. The van der Waals surface area contributed by atoms with Crippen molar-refractivity contribution in [2.75, 3.05) is 0 Å². The number of nitrogens with zero attached hydrogens (tertiary/aromatic N) is 2. The molecule has 0 aliphatic heterocycles. The molecular formula is C6H9N2O2+. The van der Waals surface area contributed by atoms with Gasteiger partial charge in [-0.1, -0.05) is 0 Å². The van der Waals surface area contributed by atoms with Crippen LogP contribution in [0.4, 0.5) is 0 Å². The number of carbonyl (C=O) groups is 1. The van der Waals surface area contributed by atoms with E-state index in [1.807, 2.05) is 0 Å². The maximum atomic E-state index is 10.3. The molecule has 0 radical (unpaired) electrons. The lowest BCUT2D eigenvalue weighted by Crippen LogP contribution is -2.35. The lowest BCUT2D eigenvalue weighted by atomic mass is 10.4. The predicted molar refractivity (Wildman–Crippen MR) is 33.5 cm³/mol. The highest BCUT2D eigenvalue weighted by Gasteiger charge is 2.11. The fourth-order valence-electron chi connectivity index (χ4n) is 0.728. The summed E-state index contributed by atoms with van der Waals surface area (Å²) in [5.74, 6) is -0.892. The average molecular weight is 141 g/mol. The quantitative estimate of drug-likeness (QED) is 0.538. The number of aryl methyl sites for hydroxylation is 2. The largest absolute Gasteiger partial charge is 0.477 e. The van der Waals surface area contributed by atoms with Gasteiger partial charge in [0.05, 0.1) is 13.2 Å². The summed E-state index contributed by atoms with van der Waals surface area (Å²) >= 11 is 0. The van der Waals surface area contributed by atoms with E-state index in [0.717, 1.165) is 0 Å². The van der Waals surface area contributed by atoms with Gasteiger partial charge < -0.3 is 5.11 Å². The number of hydrogen-bond acceptors (Lipinski definition) is 1. The predicted octanol–water partition coefficient (Wildman–Crippen LogP) is -0.452. The molecule has 1 rings (SSSR count). The van der Waals surface area contributed by atoms with E-state index in [2.05, 4.69) is 0 Å². The zero-order valence-electron chi connectivity index (χ0n) is 5.90. The van der Waals surface area contributed by atoms with Gasteiger partial charge in [0.25, 0.3) is 0 Å². The third kappa shape index (κ3) is 1.00. The van der Waals surface area contributed by atoms with Crippen molar-refractivity contribution in [2.24, 2.45) is 14.1 Å². The first-order valence-corrected chi connectivity index (χ1v) is 2.87. The van der Waals surface area contributed by atoms with Crippen molar-refractivity contribution in [1.29, 1.82) is 0 Å². The molecular weight excluding hydrogens is 132 g/mol. The van der Waals surface area contributed by atoms with Crippen LogP contribution in [-0.4, -0.2) is 15.8 Å². The number of aromatic carboxylic acids is 1. The molecule has 0 atom stereocenters. The molecule has 0 unspecified atom stereocenters. The SMILES string of the molecule is Cn1cc(C(=O)O)c[n+]1C. The van der Waals surface area contributed by atoms with Crippen molar-refractivity contribution in [3.8, 4) is 0 Å². The molecule has 4 nitrogen and oxygen atoms in total. The zero-order valence-corrected chi connectivity index (χ0v) is 5.90. The van der Waals surface area contributed by atoms with Crippen LogP contribution in [-0.2, 0) is 14.1 Å². The van der Waals surface area contributed by atoms with Crippen LogP contribution in [0.3, 0.4) is 0 Å². The summed E-state index contributed by atoms with van der Waals surface area (Å²) in [5, 5.41) is 8.50. The van der Waals surface area contributed by atoms with Crippen LogP contribution in [0.5, 0.6) is 0 Å². The minimum Gasteiger partial charge on any atom is -0.477 e. The molecule has 1 N–H and O–H groups in total. The van der Waals surface area contributed by atoms with E-state index in [9.17, 15) is 4.79 Å². The molecule has 0 amide bonds. The van der Waals surface area contributed by atoms with Gasteiger partial charge in [0.15, 0.2) is 7.05 Å². The van der Waals surface area contributed by atoms with Crippen LogP contribution in [0.15, 0.2) is 12.4 Å². The van der Waals surface area contributed by atoms with Crippen molar-refractivity contribution in [3.63, 3.8) is 0 Å². The Morgan fingerprint density at radius 2 is 2.40 bits per heavy atom. The van der Waals surface area contributed by atoms with Gasteiger partial charge in [0, 0.05) is 0 Å². The number of carboxylic acid groups (broad SMARTS) is 1. The second-order valence-electron chi connectivity index (χ2n) is 2.17. The fraction of sp³-hybridized carbons (Fsp3) is 0.333. The summed E-state index contributed by atoms with van der Waals surface area (Å²) in [6, 6.07) is 0. The lowest BCUT2D eigenvalue weighted by molar-refractivity contribution is -0.751. The molecule has 0 spiro atoms. The van der Waals surface area contributed by atoms with Crippen molar-refractivity contribution in [1.82, 2.24) is 4.68 Å². The molecule has 10 heavy (non-hydrogen) atoms. The molecule has 0 saturated heterocycles. The number of aromatic nitrogens is 2. The molecule has 0 fully saturated rings. The third-order valence-corrected chi connectivity index (χ3v) is 1.40. The molecule has 1 aromatic heterocycles. The van der Waals surface area contributed by atoms with E-state index in [-0.39, 0.29) is 0 Å². The minimum atomic E-state index is -0.892. The van der Waals surface area contributed by atoms with E-state index in [1.165, 1.54) is 0 Å². The van der Waals surface area contributed by atoms with Gasteiger partial charge in [-0.05, 0) is 0 Å². The number of rotatable bonds is 1. The molecule has 0 aliphatic rings. The molecule has 0 aromatic carbocycles. The van der Waals surface area contributed by atoms with Crippen molar-refractivity contribution < 1.29 is 14.6 Å². The van der Waals surface area contributed by atoms with E-state index in [4.69, 9.17) is 5.11 Å². The molecule has 1 aromatic rings. The Morgan fingerprint density at radius 3 is 2.60 bits per heavy atom. The van der Waals surface area contributed by atoms with Gasteiger partial charge in [-0.2, -0.15) is 4.68 Å². The maximum Gasteiger partial charge on any atom is 0.343 e. The van der Waals surface area contributed by atoms with Crippen LogP contribution < -0.4 is 4.68 Å². The number of carboxylic acids is 1. The van der Waals surface area contributed by atoms with Crippen molar-refractivity contribution >= 4 is 5.97 Å². The van der Waals surface area contributed by atoms with Gasteiger partial charge in [-0.3, -0.25) is 0 Å². The summed E-state index contributed by atoms with van der Waals surface area (Å²) in [5.41, 5.74) is 0.310. The monoisotopic (exact) mass is 141 g/mol. The van der Waals surface area contributed by atoms with Crippen LogP contribution in [0.2, 0.25) is 0 Å². The highest BCUT2D eigenvalue weighted by molar-refractivity contribution is 5.86. The summed E-state index contributed by atoms with van der Waals surface area (Å²) in [7, 11) is 3.57. The van der Waals surface area contributed by atoms with Crippen LogP contribution in [0.25, 0.3) is 0 Å². The van der Waals surface area contributed by atoms with Gasteiger partial charge in [0.2, 0.25) is 6.20 Å². The molecule has 4 heteroatoms. The highest BCUT2D eigenvalue weighted by Crippen LogP contribution is 1.92. The van der Waals surface area contributed by atoms with Gasteiger partial charge in [-0.15, -0.1) is 4.68 Å². The topological polar surface area (TPSA) is 46.1 Å². The third-order valence-electron chi connectivity index (χ3n) is 1.40. The Kier molecular flexibility index (Phi) is 1.45. The van der Waals surface area contributed by atoms with E-state index in [1.54, 1.807) is 35.9 Å². The molecule has 54 valence electrons. The summed E-state index contributed by atoms with van der Waals surface area (Å²) in [6.07, 6.45) is 3.12. The minimum absolute atomic E-state index is 0.310. The van der Waals surface area contributed by atoms with Crippen LogP contribution >= 0.6 is 0 Å². The lowest BCUT2D eigenvalue weighted by Gasteiger charge is -1.82. The van der Waals surface area contributed by atoms with Gasteiger partial charge >= 0.3 is 5.97 Å². The Bertz CT molecular complexity index is 245. The second-order valence-corrected chi connectivity index (χ2v) is 2.17. The normalized spacial score (nSPS) is 9.80. The first-order chi connectivity index (χ1) is 4.61. The van der Waals surface area contributed by atoms with Gasteiger partial charge in [-0.25, -0.2) is 4.79 Å². The average Bonchev–Trinajstić information content (AvgIpc) is 2.13. The van der Waals surface area contributed by atoms with E-state index >= 15 is 0 Å². The molecule has 0 aliphatic carbocycles. The molecule has 1 heterocycles. The number of hydrogen-bond donors (Lipinski definition) is 1. The molecule has 0 saturated carbocycles. The summed E-state index contributed by atoms with van der Waals surface area (Å²) < 4.78 is 3.40. The summed E-state index contributed by atoms with van der Waals surface area (Å²) in [4.78, 5) is 10.3. The van der Waals surface area contributed by atoms with E-state index in [0.29, 0.717) is 5.56 Å². The smallest absolute Gasteiger partial charge is 0.343 e. The standard InChI is InChI=1S/C6H8N2O2/c1-7-3-5(6(9)10)4-8(7)2/h3-4H,1-2H3/p+1. The Balaban J connectivity index is 3.10. The Morgan fingerprint density at radius 1 is 1.80 bits per heavy atom.